The minimum atomic E-state index is -5.08. The molecular formula is C32H26F3N5O5S. The first kappa shape index (κ1) is 30.8. The molecule has 0 spiro atoms. The molecule has 3 aromatic heterocycles. The number of aromatic nitrogens is 4. The number of nitrogens with zero attached hydrogens (tertiary/aromatic N) is 5. The van der Waals surface area contributed by atoms with Crippen LogP contribution in [-0.2, 0) is 19.6 Å². The first-order chi connectivity index (χ1) is 22.0. The number of hydrogen-bond acceptors (Lipinski definition) is 7. The van der Waals surface area contributed by atoms with E-state index in [4.69, 9.17) is 19.6 Å². The molecule has 0 unspecified atom stereocenters. The molecule has 3 aromatic carbocycles. The molecule has 1 N–H and O–H groups in total. The van der Waals surface area contributed by atoms with Gasteiger partial charge in [0.2, 0.25) is 0 Å². The van der Waals surface area contributed by atoms with E-state index < -0.39 is 22.2 Å². The van der Waals surface area contributed by atoms with Gasteiger partial charge in [0.25, 0.3) is 10.0 Å². The highest BCUT2D eigenvalue weighted by Gasteiger charge is 2.38. The summed E-state index contributed by atoms with van der Waals surface area (Å²) in [4.78, 5) is 16.2. The van der Waals surface area contributed by atoms with Crippen LogP contribution >= 0.6 is 0 Å². The lowest BCUT2D eigenvalue weighted by molar-refractivity contribution is -0.192. The fourth-order valence-corrected chi connectivity index (χ4v) is 6.56. The Hall–Kier alpha value is -5.21. The molecule has 0 atom stereocenters. The summed E-state index contributed by atoms with van der Waals surface area (Å²) in [5, 5.41) is 12.5. The van der Waals surface area contributed by atoms with E-state index in [0.717, 1.165) is 53.9 Å². The predicted molar refractivity (Wildman–Crippen MR) is 165 cm³/mol. The standard InChI is InChI=1S/C30H25N5O3S.C2HF3O2/c36-39(37,25-6-2-1-3-7-25)35-21-28(26-8-4-5-9-29(26)35)27-19-32-34-20-23(18-31-30(27)34)22-10-12-24(13-11-22)33-14-16-38-17-15-33;3-2(4,5)1(6)7/h1-13,18-21H,14-17H2;(H,6,7). The van der Waals surface area contributed by atoms with Gasteiger partial charge in [0.15, 0.2) is 5.65 Å². The van der Waals surface area contributed by atoms with Gasteiger partial charge < -0.3 is 14.7 Å². The van der Waals surface area contributed by atoms with Crippen LogP contribution in [0.15, 0.2) is 109 Å². The number of alkyl halides is 3. The second kappa shape index (κ2) is 12.3. The first-order valence-electron chi connectivity index (χ1n) is 14.0. The van der Waals surface area contributed by atoms with Crippen LogP contribution in [0.25, 0.3) is 38.8 Å². The zero-order valence-electron chi connectivity index (χ0n) is 24.0. The van der Waals surface area contributed by atoms with Gasteiger partial charge in [-0.2, -0.15) is 18.3 Å². The number of rotatable bonds is 5. The average Bonchev–Trinajstić information content (AvgIpc) is 3.67. The number of hydrogen-bond donors (Lipinski definition) is 1. The predicted octanol–water partition coefficient (Wildman–Crippen LogP) is 5.72. The van der Waals surface area contributed by atoms with E-state index in [1.165, 1.54) is 9.66 Å². The van der Waals surface area contributed by atoms with Gasteiger partial charge in [-0.1, -0.05) is 48.5 Å². The Bertz CT molecular complexity index is 2120. The van der Waals surface area contributed by atoms with Crippen molar-refractivity contribution in [3.63, 3.8) is 0 Å². The van der Waals surface area contributed by atoms with Crippen LogP contribution < -0.4 is 4.90 Å². The van der Waals surface area contributed by atoms with E-state index in [1.54, 1.807) is 47.2 Å². The maximum atomic E-state index is 13.5. The molecule has 236 valence electrons. The number of halogens is 3. The number of morpholine rings is 1. The van der Waals surface area contributed by atoms with Crippen molar-refractivity contribution in [1.29, 1.82) is 0 Å². The Balaban J connectivity index is 0.000000480. The van der Waals surface area contributed by atoms with E-state index in [0.29, 0.717) is 11.2 Å². The van der Waals surface area contributed by atoms with Gasteiger partial charge in [-0.15, -0.1) is 0 Å². The van der Waals surface area contributed by atoms with Crippen molar-refractivity contribution in [2.24, 2.45) is 0 Å². The summed E-state index contributed by atoms with van der Waals surface area (Å²) in [6, 6.07) is 24.4. The molecule has 6 aromatic rings. The minimum absolute atomic E-state index is 0.236. The van der Waals surface area contributed by atoms with Crippen LogP contribution in [0.4, 0.5) is 18.9 Å². The maximum Gasteiger partial charge on any atom is 0.490 e. The van der Waals surface area contributed by atoms with Crippen molar-refractivity contribution < 1.29 is 36.2 Å². The van der Waals surface area contributed by atoms with E-state index in [1.807, 2.05) is 36.7 Å². The molecule has 14 heteroatoms. The lowest BCUT2D eigenvalue weighted by Gasteiger charge is -2.28. The molecule has 1 saturated heterocycles. The van der Waals surface area contributed by atoms with E-state index in [9.17, 15) is 21.6 Å². The third-order valence-corrected chi connectivity index (χ3v) is 9.13. The second-order valence-electron chi connectivity index (χ2n) is 10.3. The Morgan fingerprint density at radius 2 is 1.48 bits per heavy atom. The van der Waals surface area contributed by atoms with Crippen molar-refractivity contribution >= 4 is 38.2 Å². The van der Waals surface area contributed by atoms with Crippen LogP contribution in [0.5, 0.6) is 0 Å². The summed E-state index contributed by atoms with van der Waals surface area (Å²) in [5.74, 6) is -2.76. The summed E-state index contributed by atoms with van der Waals surface area (Å²) in [7, 11) is -3.79. The highest BCUT2D eigenvalue weighted by molar-refractivity contribution is 7.90. The lowest BCUT2D eigenvalue weighted by atomic mass is 10.1. The molecule has 4 heterocycles. The van der Waals surface area contributed by atoms with Crippen molar-refractivity contribution in [3.8, 4) is 22.3 Å². The summed E-state index contributed by atoms with van der Waals surface area (Å²) < 4.78 is 67.4. The molecular weight excluding hydrogens is 623 g/mol. The van der Waals surface area contributed by atoms with Gasteiger partial charge in [-0.25, -0.2) is 26.7 Å². The van der Waals surface area contributed by atoms with Crippen LogP contribution in [0, 0.1) is 0 Å². The third kappa shape index (κ3) is 6.04. The van der Waals surface area contributed by atoms with Crippen molar-refractivity contribution in [2.75, 3.05) is 31.2 Å². The van der Waals surface area contributed by atoms with Gasteiger partial charge in [-0.3, -0.25) is 0 Å². The molecule has 0 bridgehead atoms. The van der Waals surface area contributed by atoms with E-state index in [-0.39, 0.29) is 4.90 Å². The lowest BCUT2D eigenvalue weighted by Crippen LogP contribution is -2.36. The fourth-order valence-electron chi connectivity index (χ4n) is 5.17. The zero-order chi connectivity index (χ0) is 32.5. The number of anilines is 1. The molecule has 0 radical (unpaired) electrons. The first-order valence-corrected chi connectivity index (χ1v) is 15.5. The number of carboxylic acids is 1. The number of aliphatic carboxylic acids is 1. The quantitative estimate of drug-likeness (QED) is 0.252. The highest BCUT2D eigenvalue weighted by atomic mass is 32.2. The number of para-hydroxylation sites is 1. The topological polar surface area (TPSA) is 119 Å². The van der Waals surface area contributed by atoms with Crippen molar-refractivity contribution in [1.82, 2.24) is 18.6 Å². The SMILES string of the molecule is O=C(O)C(F)(F)F.O=S(=O)(c1ccccc1)n1cc(-c2cnn3cc(-c4ccc(N5CCOCC5)cc4)cnc23)c2ccccc21. The molecule has 46 heavy (non-hydrogen) atoms. The molecule has 7 rings (SSSR count). The average molecular weight is 650 g/mol. The van der Waals surface area contributed by atoms with Gasteiger partial charge in [-0.05, 0) is 35.9 Å². The van der Waals surface area contributed by atoms with E-state index >= 15 is 0 Å². The van der Waals surface area contributed by atoms with Crippen molar-refractivity contribution in [2.45, 2.75) is 11.1 Å². The largest absolute Gasteiger partial charge is 0.490 e. The molecule has 1 fully saturated rings. The zero-order valence-corrected chi connectivity index (χ0v) is 24.8. The molecule has 1 aliphatic heterocycles. The number of benzene rings is 3. The Morgan fingerprint density at radius 3 is 2.15 bits per heavy atom. The Labute approximate surface area is 261 Å². The van der Waals surface area contributed by atoms with Gasteiger partial charge in [0.05, 0.1) is 29.8 Å². The van der Waals surface area contributed by atoms with Crippen LogP contribution in [-0.4, -0.2) is 70.5 Å². The summed E-state index contributed by atoms with van der Waals surface area (Å²) in [5.41, 5.74) is 5.96. The van der Waals surface area contributed by atoms with Crippen LogP contribution in [0.2, 0.25) is 0 Å². The fraction of sp³-hybridized carbons (Fsp3) is 0.156. The van der Waals surface area contributed by atoms with Gasteiger partial charge >= 0.3 is 12.1 Å². The second-order valence-corrected chi connectivity index (χ2v) is 12.1. The number of carbonyl (C=O) groups is 1. The summed E-state index contributed by atoms with van der Waals surface area (Å²) >= 11 is 0. The summed E-state index contributed by atoms with van der Waals surface area (Å²) in [6.07, 6.45) is 2.12. The number of carboxylic acid groups (broad SMARTS) is 1. The number of ether oxygens (including phenoxy) is 1. The maximum absolute atomic E-state index is 13.5. The minimum Gasteiger partial charge on any atom is -0.475 e. The molecule has 0 amide bonds. The third-order valence-electron chi connectivity index (χ3n) is 7.44. The Morgan fingerprint density at radius 1 is 0.826 bits per heavy atom. The van der Waals surface area contributed by atoms with E-state index in [2.05, 4.69) is 34.3 Å². The molecule has 1 aliphatic rings. The highest BCUT2D eigenvalue weighted by Crippen LogP contribution is 2.35. The van der Waals surface area contributed by atoms with Crippen molar-refractivity contribution in [3.05, 3.63) is 104 Å². The summed E-state index contributed by atoms with van der Waals surface area (Å²) in [6.45, 7) is 3.29. The van der Waals surface area contributed by atoms with Crippen LogP contribution in [0.3, 0.4) is 0 Å². The van der Waals surface area contributed by atoms with Gasteiger partial charge in [0.1, 0.15) is 0 Å². The molecule has 0 saturated carbocycles. The Kier molecular flexibility index (Phi) is 8.23. The number of fused-ring (bicyclic) bond motifs is 2. The molecule has 0 aliphatic carbocycles. The monoisotopic (exact) mass is 649 g/mol. The molecule has 10 nitrogen and oxygen atoms in total. The smallest absolute Gasteiger partial charge is 0.475 e. The van der Waals surface area contributed by atoms with Gasteiger partial charge in [0, 0.05) is 59.4 Å². The van der Waals surface area contributed by atoms with Crippen LogP contribution in [0.1, 0.15) is 0 Å². The normalized spacial score (nSPS) is 13.8.